The minimum absolute atomic E-state index is 0.0706. The zero-order valence-corrected chi connectivity index (χ0v) is 10.6. The SMILES string of the molecule is O=C(O)c1cc(Cl)cc(Cl)c1OCCOC(F)(F)F. The first-order chi connectivity index (χ1) is 8.70. The van der Waals surface area contributed by atoms with Crippen molar-refractivity contribution in [3.05, 3.63) is 27.7 Å². The maximum Gasteiger partial charge on any atom is 0.522 e. The van der Waals surface area contributed by atoms with Crippen molar-refractivity contribution >= 4 is 29.2 Å². The van der Waals surface area contributed by atoms with Crippen molar-refractivity contribution < 1.29 is 32.5 Å². The smallest absolute Gasteiger partial charge is 0.489 e. The molecule has 106 valence electrons. The number of halogens is 5. The predicted octanol–water partition coefficient (Wildman–Crippen LogP) is 3.61. The van der Waals surface area contributed by atoms with Gasteiger partial charge < -0.3 is 9.84 Å². The first-order valence-corrected chi connectivity index (χ1v) is 5.52. The van der Waals surface area contributed by atoms with Crippen LogP contribution in [0.3, 0.4) is 0 Å². The third-order valence-electron chi connectivity index (χ3n) is 1.83. The molecule has 0 saturated heterocycles. The molecular formula is C10H7Cl2F3O4. The number of aromatic carboxylic acids is 1. The summed E-state index contributed by atoms with van der Waals surface area (Å²) in [5.41, 5.74) is -0.343. The third kappa shape index (κ3) is 5.14. The van der Waals surface area contributed by atoms with Crippen LogP contribution in [0.5, 0.6) is 5.75 Å². The topological polar surface area (TPSA) is 55.8 Å². The summed E-state index contributed by atoms with van der Waals surface area (Å²) in [4.78, 5) is 10.9. The molecule has 0 aliphatic carbocycles. The van der Waals surface area contributed by atoms with E-state index in [2.05, 4.69) is 4.74 Å². The molecule has 4 nitrogen and oxygen atoms in total. The number of hydrogen-bond acceptors (Lipinski definition) is 3. The largest absolute Gasteiger partial charge is 0.522 e. The van der Waals surface area contributed by atoms with Crippen molar-refractivity contribution in [1.29, 1.82) is 0 Å². The Hall–Kier alpha value is -1.18. The molecular weight excluding hydrogens is 312 g/mol. The molecule has 1 aromatic rings. The fraction of sp³-hybridized carbons (Fsp3) is 0.300. The van der Waals surface area contributed by atoms with Crippen LogP contribution in [0, 0.1) is 0 Å². The second kappa shape index (κ2) is 6.31. The zero-order chi connectivity index (χ0) is 14.6. The van der Waals surface area contributed by atoms with Crippen LogP contribution in [0.1, 0.15) is 10.4 Å². The number of rotatable bonds is 5. The van der Waals surface area contributed by atoms with Crippen molar-refractivity contribution in [2.45, 2.75) is 6.36 Å². The van der Waals surface area contributed by atoms with Crippen molar-refractivity contribution in [2.24, 2.45) is 0 Å². The Morgan fingerprint density at radius 3 is 2.42 bits per heavy atom. The third-order valence-corrected chi connectivity index (χ3v) is 2.33. The van der Waals surface area contributed by atoms with Crippen molar-refractivity contribution in [1.82, 2.24) is 0 Å². The van der Waals surface area contributed by atoms with Crippen LogP contribution < -0.4 is 4.74 Å². The van der Waals surface area contributed by atoms with Crippen LogP contribution in [0.4, 0.5) is 13.2 Å². The van der Waals surface area contributed by atoms with Gasteiger partial charge in [0.2, 0.25) is 0 Å². The maximum absolute atomic E-state index is 11.7. The Bertz CT molecular complexity index is 477. The van der Waals surface area contributed by atoms with E-state index >= 15 is 0 Å². The van der Waals surface area contributed by atoms with Crippen LogP contribution in [0.2, 0.25) is 10.0 Å². The molecule has 0 aliphatic rings. The standard InChI is InChI=1S/C10H7Cl2F3O4/c11-5-3-6(9(16)17)8(7(12)4-5)18-1-2-19-10(13,14)15/h3-4H,1-2H2,(H,16,17). The van der Waals surface area contributed by atoms with Gasteiger partial charge >= 0.3 is 12.3 Å². The van der Waals surface area contributed by atoms with Gasteiger partial charge in [0.05, 0.1) is 11.6 Å². The van der Waals surface area contributed by atoms with E-state index in [1.807, 2.05) is 0 Å². The molecule has 1 rings (SSSR count). The quantitative estimate of drug-likeness (QED) is 0.843. The molecule has 0 aliphatic heterocycles. The summed E-state index contributed by atoms with van der Waals surface area (Å²) in [6.45, 7) is -1.30. The molecule has 0 spiro atoms. The fourth-order valence-electron chi connectivity index (χ4n) is 1.17. The first-order valence-electron chi connectivity index (χ1n) is 4.76. The van der Waals surface area contributed by atoms with E-state index in [-0.39, 0.29) is 21.4 Å². The van der Waals surface area contributed by atoms with Crippen molar-refractivity contribution in [3.8, 4) is 5.75 Å². The van der Waals surface area contributed by atoms with Gasteiger partial charge in [-0.25, -0.2) is 4.79 Å². The van der Waals surface area contributed by atoms with Crippen LogP contribution >= 0.6 is 23.2 Å². The normalized spacial score (nSPS) is 11.4. The average molecular weight is 319 g/mol. The van der Waals surface area contributed by atoms with Gasteiger partial charge in [0.25, 0.3) is 0 Å². The van der Waals surface area contributed by atoms with E-state index in [4.69, 9.17) is 33.0 Å². The highest BCUT2D eigenvalue weighted by Crippen LogP contribution is 2.32. The molecule has 0 atom stereocenters. The summed E-state index contributed by atoms with van der Waals surface area (Å²) >= 11 is 11.3. The molecule has 1 N–H and O–H groups in total. The minimum Gasteiger partial charge on any atom is -0.489 e. The molecule has 0 saturated carbocycles. The lowest BCUT2D eigenvalue weighted by molar-refractivity contribution is -0.325. The van der Waals surface area contributed by atoms with E-state index in [0.29, 0.717) is 0 Å². The van der Waals surface area contributed by atoms with E-state index < -0.39 is 25.5 Å². The number of hydrogen-bond donors (Lipinski definition) is 1. The minimum atomic E-state index is -4.78. The summed E-state index contributed by atoms with van der Waals surface area (Å²) in [6, 6.07) is 2.30. The molecule has 0 amide bonds. The fourth-order valence-corrected chi connectivity index (χ4v) is 1.72. The summed E-state index contributed by atoms with van der Waals surface area (Å²) in [5.74, 6) is -1.62. The number of ether oxygens (including phenoxy) is 2. The average Bonchev–Trinajstić information content (AvgIpc) is 2.24. The zero-order valence-electron chi connectivity index (χ0n) is 9.13. The lowest BCUT2D eigenvalue weighted by Crippen LogP contribution is -2.18. The predicted molar refractivity (Wildman–Crippen MR) is 60.9 cm³/mol. The van der Waals surface area contributed by atoms with Gasteiger partial charge in [-0.15, -0.1) is 13.2 Å². The van der Waals surface area contributed by atoms with E-state index in [0.717, 1.165) is 6.07 Å². The van der Waals surface area contributed by atoms with Crippen molar-refractivity contribution in [2.75, 3.05) is 13.2 Å². The maximum atomic E-state index is 11.7. The van der Waals surface area contributed by atoms with E-state index in [9.17, 15) is 18.0 Å². The highest BCUT2D eigenvalue weighted by Gasteiger charge is 2.28. The van der Waals surface area contributed by atoms with Crippen LogP contribution in [-0.4, -0.2) is 30.7 Å². The first kappa shape index (κ1) is 15.9. The summed E-state index contributed by atoms with van der Waals surface area (Å²) in [6.07, 6.45) is -4.78. The molecule has 0 radical (unpaired) electrons. The molecule has 0 fully saturated rings. The molecule has 0 unspecified atom stereocenters. The highest BCUT2D eigenvalue weighted by molar-refractivity contribution is 6.36. The van der Waals surface area contributed by atoms with Crippen LogP contribution in [-0.2, 0) is 4.74 Å². The highest BCUT2D eigenvalue weighted by atomic mass is 35.5. The van der Waals surface area contributed by atoms with Crippen molar-refractivity contribution in [3.63, 3.8) is 0 Å². The lowest BCUT2D eigenvalue weighted by atomic mass is 10.2. The van der Waals surface area contributed by atoms with Gasteiger partial charge in [-0.3, -0.25) is 4.74 Å². The Kier molecular flexibility index (Phi) is 5.28. The van der Waals surface area contributed by atoms with Gasteiger partial charge in [-0.1, -0.05) is 23.2 Å². The van der Waals surface area contributed by atoms with Crippen LogP contribution in [0.25, 0.3) is 0 Å². The van der Waals surface area contributed by atoms with Crippen LogP contribution in [0.15, 0.2) is 12.1 Å². The molecule has 0 aromatic heterocycles. The van der Waals surface area contributed by atoms with Gasteiger partial charge in [-0.05, 0) is 12.1 Å². The van der Waals surface area contributed by atoms with E-state index in [1.165, 1.54) is 6.07 Å². The Morgan fingerprint density at radius 1 is 1.26 bits per heavy atom. The molecule has 0 heterocycles. The number of benzene rings is 1. The Balaban J connectivity index is 2.75. The molecule has 1 aromatic carbocycles. The van der Waals surface area contributed by atoms with E-state index in [1.54, 1.807) is 0 Å². The van der Waals surface area contributed by atoms with Gasteiger partial charge in [0.15, 0.2) is 5.75 Å². The number of carboxylic acid groups (broad SMARTS) is 1. The summed E-state index contributed by atoms with van der Waals surface area (Å²) in [5, 5.41) is 8.85. The number of carbonyl (C=O) groups is 1. The molecule has 0 bridgehead atoms. The summed E-state index contributed by atoms with van der Waals surface area (Å²) in [7, 11) is 0. The van der Waals surface area contributed by atoms with Gasteiger partial charge in [0, 0.05) is 5.02 Å². The number of alkyl halides is 3. The number of carboxylic acids is 1. The molecule has 19 heavy (non-hydrogen) atoms. The Labute approximate surface area is 115 Å². The second-order valence-electron chi connectivity index (χ2n) is 3.21. The lowest BCUT2D eigenvalue weighted by Gasteiger charge is -2.12. The second-order valence-corrected chi connectivity index (χ2v) is 4.06. The monoisotopic (exact) mass is 318 g/mol. The summed E-state index contributed by atoms with van der Waals surface area (Å²) < 4.78 is 43.5. The molecule has 9 heteroatoms. The van der Waals surface area contributed by atoms with Gasteiger partial charge in [-0.2, -0.15) is 0 Å². The Morgan fingerprint density at radius 2 is 1.89 bits per heavy atom. The van der Waals surface area contributed by atoms with Gasteiger partial charge in [0.1, 0.15) is 12.2 Å².